The summed E-state index contributed by atoms with van der Waals surface area (Å²) in [6.45, 7) is 2.61. The maximum atomic E-state index is 6.37. The summed E-state index contributed by atoms with van der Waals surface area (Å²) < 4.78 is 11.8. The fourth-order valence-corrected chi connectivity index (χ4v) is 2.27. The van der Waals surface area contributed by atoms with Gasteiger partial charge in [0.2, 0.25) is 5.75 Å². The summed E-state index contributed by atoms with van der Waals surface area (Å²) in [5.74, 6) is 0.926. The van der Waals surface area contributed by atoms with Gasteiger partial charge in [0.15, 0.2) is 0 Å². The lowest BCUT2D eigenvalue weighted by molar-refractivity contribution is 0.290. The average molecular weight is 331 g/mol. The Kier molecular flexibility index (Phi) is 4.30. The Morgan fingerprint density at radius 3 is 2.83 bits per heavy atom. The standard InChI is InChI=1S/C13H13BrClNO2/c1-3-6-18-12-11(15)9-7-8(14)4-5-10(9)16-13(12)17-2/h4-5,7H,3,6H2,1-2H3. The highest BCUT2D eigenvalue weighted by atomic mass is 79.9. The molecule has 1 aromatic heterocycles. The zero-order valence-corrected chi connectivity index (χ0v) is 12.5. The highest BCUT2D eigenvalue weighted by molar-refractivity contribution is 9.10. The van der Waals surface area contributed by atoms with Crippen LogP contribution in [0.15, 0.2) is 22.7 Å². The van der Waals surface area contributed by atoms with E-state index in [1.807, 2.05) is 25.1 Å². The molecule has 18 heavy (non-hydrogen) atoms. The second kappa shape index (κ2) is 5.76. The molecule has 0 bridgehead atoms. The third-order valence-electron chi connectivity index (χ3n) is 2.45. The summed E-state index contributed by atoms with van der Waals surface area (Å²) in [7, 11) is 1.56. The number of hydrogen-bond acceptors (Lipinski definition) is 3. The lowest BCUT2D eigenvalue weighted by Gasteiger charge is -2.13. The second-order valence-electron chi connectivity index (χ2n) is 3.77. The SMILES string of the molecule is CCCOc1c(OC)nc2ccc(Br)cc2c1Cl. The van der Waals surface area contributed by atoms with Crippen molar-refractivity contribution in [1.82, 2.24) is 4.98 Å². The molecule has 0 fully saturated rings. The van der Waals surface area contributed by atoms with Gasteiger partial charge in [-0.3, -0.25) is 0 Å². The van der Waals surface area contributed by atoms with E-state index in [2.05, 4.69) is 20.9 Å². The van der Waals surface area contributed by atoms with Gasteiger partial charge in [-0.15, -0.1) is 0 Å². The lowest BCUT2D eigenvalue weighted by Crippen LogP contribution is -2.00. The molecule has 0 atom stereocenters. The summed E-state index contributed by atoms with van der Waals surface area (Å²) in [4.78, 5) is 4.40. The van der Waals surface area contributed by atoms with Crippen LogP contribution in [0.2, 0.25) is 5.02 Å². The molecule has 0 N–H and O–H groups in total. The molecule has 0 aliphatic rings. The third-order valence-corrected chi connectivity index (χ3v) is 3.32. The van der Waals surface area contributed by atoms with E-state index in [4.69, 9.17) is 21.1 Å². The van der Waals surface area contributed by atoms with Gasteiger partial charge >= 0.3 is 0 Å². The van der Waals surface area contributed by atoms with Crippen LogP contribution >= 0.6 is 27.5 Å². The van der Waals surface area contributed by atoms with Crippen LogP contribution < -0.4 is 9.47 Å². The van der Waals surface area contributed by atoms with E-state index in [0.717, 1.165) is 21.8 Å². The van der Waals surface area contributed by atoms with E-state index >= 15 is 0 Å². The Labute approximate surface area is 119 Å². The van der Waals surface area contributed by atoms with E-state index in [0.29, 0.717) is 23.3 Å². The molecule has 5 heteroatoms. The molecule has 0 amide bonds. The number of aromatic nitrogens is 1. The van der Waals surface area contributed by atoms with Crippen LogP contribution in [-0.2, 0) is 0 Å². The molecule has 0 aliphatic carbocycles. The Balaban J connectivity index is 2.62. The van der Waals surface area contributed by atoms with Crippen LogP contribution in [0.25, 0.3) is 10.9 Å². The molecule has 3 nitrogen and oxygen atoms in total. The highest BCUT2D eigenvalue weighted by Crippen LogP contribution is 2.39. The number of methoxy groups -OCH3 is 1. The summed E-state index contributed by atoms with van der Waals surface area (Å²) in [5.41, 5.74) is 0.781. The van der Waals surface area contributed by atoms with Crippen molar-refractivity contribution in [2.24, 2.45) is 0 Å². The molecule has 0 radical (unpaired) electrons. The molecule has 0 unspecified atom stereocenters. The first-order chi connectivity index (χ1) is 8.67. The molecular formula is C13H13BrClNO2. The second-order valence-corrected chi connectivity index (χ2v) is 5.07. The Hall–Kier alpha value is -1.000. The van der Waals surface area contributed by atoms with Crippen molar-refractivity contribution < 1.29 is 9.47 Å². The number of ether oxygens (including phenoxy) is 2. The maximum Gasteiger partial charge on any atom is 0.258 e. The fourth-order valence-electron chi connectivity index (χ4n) is 1.63. The summed E-state index contributed by atoms with van der Waals surface area (Å²) >= 11 is 9.79. The number of hydrogen-bond donors (Lipinski definition) is 0. The number of halogens is 2. The monoisotopic (exact) mass is 329 g/mol. The van der Waals surface area contributed by atoms with E-state index in [-0.39, 0.29) is 0 Å². The minimum Gasteiger partial charge on any atom is -0.487 e. The van der Waals surface area contributed by atoms with Crippen LogP contribution in [0, 0.1) is 0 Å². The van der Waals surface area contributed by atoms with E-state index < -0.39 is 0 Å². The van der Waals surface area contributed by atoms with Gasteiger partial charge in [-0.25, -0.2) is 4.98 Å². The Bertz CT molecular complexity index is 574. The van der Waals surface area contributed by atoms with E-state index in [1.54, 1.807) is 7.11 Å². The van der Waals surface area contributed by atoms with Crippen molar-refractivity contribution in [2.45, 2.75) is 13.3 Å². The van der Waals surface area contributed by atoms with E-state index in [9.17, 15) is 0 Å². The summed E-state index contributed by atoms with van der Waals surface area (Å²) in [6.07, 6.45) is 0.899. The zero-order chi connectivity index (χ0) is 13.1. The largest absolute Gasteiger partial charge is 0.487 e. The van der Waals surface area contributed by atoms with Gasteiger partial charge in [-0.1, -0.05) is 34.5 Å². The molecule has 0 aliphatic heterocycles. The van der Waals surface area contributed by atoms with Gasteiger partial charge < -0.3 is 9.47 Å². The molecule has 2 rings (SSSR count). The number of pyridine rings is 1. The van der Waals surface area contributed by atoms with Crippen LogP contribution in [0.1, 0.15) is 13.3 Å². The number of nitrogens with zero attached hydrogens (tertiary/aromatic N) is 1. The lowest BCUT2D eigenvalue weighted by atomic mass is 10.2. The molecule has 0 saturated carbocycles. The van der Waals surface area contributed by atoms with E-state index in [1.165, 1.54) is 0 Å². The number of benzene rings is 1. The number of fused-ring (bicyclic) bond motifs is 1. The maximum absolute atomic E-state index is 6.37. The van der Waals surface area contributed by atoms with Crippen molar-refractivity contribution in [1.29, 1.82) is 0 Å². The summed E-state index contributed by atoms with van der Waals surface area (Å²) in [6, 6.07) is 5.72. The average Bonchev–Trinajstić information content (AvgIpc) is 2.38. The number of rotatable bonds is 4. The molecular weight excluding hydrogens is 318 g/mol. The first-order valence-corrected chi connectivity index (χ1v) is 6.80. The Morgan fingerprint density at radius 1 is 1.39 bits per heavy atom. The molecule has 0 spiro atoms. The first-order valence-electron chi connectivity index (χ1n) is 5.63. The smallest absolute Gasteiger partial charge is 0.258 e. The first kappa shape index (κ1) is 13.4. The summed E-state index contributed by atoms with van der Waals surface area (Å²) in [5, 5.41) is 1.38. The molecule has 1 aromatic carbocycles. The van der Waals surface area contributed by atoms with Crippen molar-refractivity contribution in [2.75, 3.05) is 13.7 Å². The predicted molar refractivity (Wildman–Crippen MR) is 76.8 cm³/mol. The minimum atomic E-state index is 0.420. The zero-order valence-electron chi connectivity index (χ0n) is 10.2. The topological polar surface area (TPSA) is 31.4 Å². The fraction of sp³-hybridized carbons (Fsp3) is 0.308. The Morgan fingerprint density at radius 2 is 2.17 bits per heavy atom. The van der Waals surface area contributed by atoms with Crippen LogP contribution in [0.4, 0.5) is 0 Å². The van der Waals surface area contributed by atoms with Crippen molar-refractivity contribution in [3.8, 4) is 11.6 Å². The van der Waals surface area contributed by atoms with Gasteiger partial charge in [-0.05, 0) is 24.6 Å². The van der Waals surface area contributed by atoms with Crippen molar-refractivity contribution in [3.63, 3.8) is 0 Å². The van der Waals surface area contributed by atoms with Gasteiger partial charge in [0.1, 0.15) is 0 Å². The molecule has 0 saturated heterocycles. The predicted octanol–water partition coefficient (Wildman–Crippen LogP) is 4.45. The van der Waals surface area contributed by atoms with Crippen LogP contribution in [-0.4, -0.2) is 18.7 Å². The molecule has 96 valence electrons. The van der Waals surface area contributed by atoms with Gasteiger partial charge in [0.05, 0.1) is 24.3 Å². The van der Waals surface area contributed by atoms with Gasteiger partial charge in [-0.2, -0.15) is 0 Å². The highest BCUT2D eigenvalue weighted by Gasteiger charge is 2.15. The van der Waals surface area contributed by atoms with Crippen LogP contribution in [0.5, 0.6) is 11.6 Å². The quantitative estimate of drug-likeness (QED) is 0.830. The van der Waals surface area contributed by atoms with Crippen molar-refractivity contribution >= 4 is 38.4 Å². The molecule has 1 heterocycles. The molecule has 2 aromatic rings. The minimum absolute atomic E-state index is 0.420. The van der Waals surface area contributed by atoms with Crippen LogP contribution in [0.3, 0.4) is 0 Å². The van der Waals surface area contributed by atoms with Crippen molar-refractivity contribution in [3.05, 3.63) is 27.7 Å². The van der Waals surface area contributed by atoms with Gasteiger partial charge in [0, 0.05) is 9.86 Å². The van der Waals surface area contributed by atoms with Gasteiger partial charge in [0.25, 0.3) is 5.88 Å². The third kappa shape index (κ3) is 2.54. The normalized spacial score (nSPS) is 10.7.